The van der Waals surface area contributed by atoms with Gasteiger partial charge in [-0.25, -0.2) is 0 Å². The monoisotopic (exact) mass is 304 g/mol. The maximum Gasteiger partial charge on any atom is 0.239 e. The predicted octanol–water partition coefficient (Wildman–Crippen LogP) is 2.20. The fraction of sp³-hybridized carbons (Fsp3) is 0.615. The van der Waals surface area contributed by atoms with Gasteiger partial charge in [-0.1, -0.05) is 19.4 Å². The Labute approximate surface area is 124 Å². The lowest BCUT2D eigenvalue weighted by atomic mass is 10.1. The number of nitrogens with two attached hydrogens (primary N) is 1. The Balaban J connectivity index is 0.00000180. The first-order valence-corrected chi connectivity index (χ1v) is 7.29. The third kappa shape index (κ3) is 4.18. The van der Waals surface area contributed by atoms with E-state index < -0.39 is 0 Å². The molecule has 1 aliphatic heterocycles. The number of thiophene rings is 1. The van der Waals surface area contributed by atoms with Gasteiger partial charge in [-0.2, -0.15) is 0 Å². The molecule has 2 atom stereocenters. The molecule has 0 radical (unpaired) electrons. The van der Waals surface area contributed by atoms with Gasteiger partial charge in [0.1, 0.15) is 6.10 Å². The summed E-state index contributed by atoms with van der Waals surface area (Å²) in [7, 11) is 0. The van der Waals surface area contributed by atoms with Crippen LogP contribution in [0.3, 0.4) is 0 Å². The molecule has 108 valence electrons. The minimum Gasteiger partial charge on any atom is -0.369 e. The number of morpholine rings is 1. The zero-order chi connectivity index (χ0) is 13.0. The fourth-order valence-electron chi connectivity index (χ4n) is 2.17. The van der Waals surface area contributed by atoms with Crippen LogP contribution in [0.1, 0.15) is 30.7 Å². The number of ether oxygens (including phenoxy) is 1. The van der Waals surface area contributed by atoms with Crippen molar-refractivity contribution in [3.8, 4) is 0 Å². The van der Waals surface area contributed by atoms with E-state index in [1.54, 1.807) is 11.3 Å². The molecule has 2 rings (SSSR count). The van der Waals surface area contributed by atoms with Crippen molar-refractivity contribution in [2.45, 2.75) is 31.9 Å². The molecule has 1 amide bonds. The number of carbonyl (C=O) groups excluding carboxylic acids is 1. The molecule has 0 aliphatic carbocycles. The Bertz CT molecular complexity index is 386. The molecular formula is C13H21ClN2O2S. The molecule has 19 heavy (non-hydrogen) atoms. The van der Waals surface area contributed by atoms with E-state index in [1.807, 2.05) is 23.3 Å². The largest absolute Gasteiger partial charge is 0.369 e. The van der Waals surface area contributed by atoms with Gasteiger partial charge < -0.3 is 15.4 Å². The Morgan fingerprint density at radius 3 is 3.11 bits per heavy atom. The topological polar surface area (TPSA) is 55.6 Å². The normalized spacial score (nSPS) is 20.7. The summed E-state index contributed by atoms with van der Waals surface area (Å²) in [6, 6.07) is 3.69. The summed E-state index contributed by atoms with van der Waals surface area (Å²) in [5.41, 5.74) is 5.89. The van der Waals surface area contributed by atoms with E-state index in [-0.39, 0.29) is 30.5 Å². The molecular weight excluding hydrogens is 284 g/mol. The van der Waals surface area contributed by atoms with Crippen molar-refractivity contribution in [1.82, 2.24) is 4.90 Å². The van der Waals surface area contributed by atoms with Crippen LogP contribution in [0.15, 0.2) is 17.5 Å². The van der Waals surface area contributed by atoms with Gasteiger partial charge in [-0.15, -0.1) is 23.7 Å². The van der Waals surface area contributed by atoms with E-state index >= 15 is 0 Å². The first-order valence-electron chi connectivity index (χ1n) is 6.41. The number of halogens is 1. The van der Waals surface area contributed by atoms with Crippen LogP contribution in [0.2, 0.25) is 0 Å². The zero-order valence-corrected chi connectivity index (χ0v) is 12.7. The highest BCUT2D eigenvalue weighted by Gasteiger charge is 2.28. The number of nitrogens with zero attached hydrogens (tertiary/aromatic N) is 1. The van der Waals surface area contributed by atoms with Gasteiger partial charge in [0.2, 0.25) is 5.91 Å². The summed E-state index contributed by atoms with van der Waals surface area (Å²) >= 11 is 1.67. The highest BCUT2D eigenvalue weighted by atomic mass is 35.5. The van der Waals surface area contributed by atoms with Crippen molar-refractivity contribution in [2.75, 3.05) is 19.7 Å². The molecule has 1 saturated heterocycles. The summed E-state index contributed by atoms with van der Waals surface area (Å²) in [6.45, 7) is 3.91. The predicted molar refractivity (Wildman–Crippen MR) is 79.7 cm³/mol. The average Bonchev–Trinajstić information content (AvgIpc) is 2.92. The lowest BCUT2D eigenvalue weighted by Gasteiger charge is -2.34. The second kappa shape index (κ2) is 7.85. The average molecular weight is 305 g/mol. The number of hydrogen-bond acceptors (Lipinski definition) is 4. The summed E-state index contributed by atoms with van der Waals surface area (Å²) < 4.78 is 5.72. The molecule has 2 heterocycles. The third-order valence-electron chi connectivity index (χ3n) is 3.16. The van der Waals surface area contributed by atoms with Crippen molar-refractivity contribution >= 4 is 29.7 Å². The minimum absolute atomic E-state index is 0. The first-order chi connectivity index (χ1) is 8.72. The van der Waals surface area contributed by atoms with Crippen LogP contribution in [-0.2, 0) is 9.53 Å². The SMILES string of the molecule is CCCC(N)C(=O)N1CCOC(c2cccs2)C1.Cl. The summed E-state index contributed by atoms with van der Waals surface area (Å²) in [6.07, 6.45) is 1.70. The van der Waals surface area contributed by atoms with Crippen LogP contribution in [0.25, 0.3) is 0 Å². The van der Waals surface area contributed by atoms with E-state index in [0.717, 1.165) is 12.8 Å². The van der Waals surface area contributed by atoms with E-state index in [0.29, 0.717) is 19.7 Å². The molecule has 1 aliphatic rings. The van der Waals surface area contributed by atoms with Crippen LogP contribution >= 0.6 is 23.7 Å². The van der Waals surface area contributed by atoms with Crippen LogP contribution in [-0.4, -0.2) is 36.5 Å². The van der Waals surface area contributed by atoms with E-state index in [9.17, 15) is 4.79 Å². The number of amides is 1. The molecule has 4 nitrogen and oxygen atoms in total. The molecule has 0 saturated carbocycles. The highest BCUT2D eigenvalue weighted by molar-refractivity contribution is 7.10. The van der Waals surface area contributed by atoms with Gasteiger partial charge in [0.05, 0.1) is 19.2 Å². The molecule has 6 heteroatoms. The van der Waals surface area contributed by atoms with Gasteiger partial charge in [0.15, 0.2) is 0 Å². The van der Waals surface area contributed by atoms with Crippen LogP contribution < -0.4 is 5.73 Å². The maximum atomic E-state index is 12.2. The Morgan fingerprint density at radius 2 is 2.47 bits per heavy atom. The molecule has 0 aromatic carbocycles. The second-order valence-electron chi connectivity index (χ2n) is 4.55. The molecule has 0 spiro atoms. The summed E-state index contributed by atoms with van der Waals surface area (Å²) in [5, 5.41) is 2.03. The second-order valence-corrected chi connectivity index (χ2v) is 5.53. The van der Waals surface area contributed by atoms with E-state index in [2.05, 4.69) is 6.07 Å². The first kappa shape index (κ1) is 16.4. The van der Waals surface area contributed by atoms with Gasteiger partial charge in [0.25, 0.3) is 0 Å². The van der Waals surface area contributed by atoms with E-state index in [4.69, 9.17) is 10.5 Å². The summed E-state index contributed by atoms with van der Waals surface area (Å²) in [4.78, 5) is 15.2. The van der Waals surface area contributed by atoms with Gasteiger partial charge in [-0.05, 0) is 17.9 Å². The van der Waals surface area contributed by atoms with Crippen molar-refractivity contribution in [3.63, 3.8) is 0 Å². The molecule has 2 N–H and O–H groups in total. The third-order valence-corrected chi connectivity index (χ3v) is 4.12. The molecule has 1 fully saturated rings. The Hall–Kier alpha value is -0.620. The standard InChI is InChI=1S/C13H20N2O2S.ClH/c1-2-4-10(14)13(16)15-6-7-17-11(9-15)12-5-3-8-18-12;/h3,5,8,10-11H,2,4,6-7,9,14H2,1H3;1H. The van der Waals surface area contributed by atoms with Crippen LogP contribution in [0, 0.1) is 0 Å². The quantitative estimate of drug-likeness (QED) is 0.928. The molecule has 1 aromatic rings. The van der Waals surface area contributed by atoms with Crippen molar-refractivity contribution in [3.05, 3.63) is 22.4 Å². The van der Waals surface area contributed by atoms with Gasteiger partial charge >= 0.3 is 0 Å². The van der Waals surface area contributed by atoms with Crippen molar-refractivity contribution in [1.29, 1.82) is 0 Å². The van der Waals surface area contributed by atoms with Crippen molar-refractivity contribution in [2.24, 2.45) is 5.73 Å². The van der Waals surface area contributed by atoms with Crippen molar-refractivity contribution < 1.29 is 9.53 Å². The van der Waals surface area contributed by atoms with Gasteiger partial charge in [0, 0.05) is 11.4 Å². The lowest BCUT2D eigenvalue weighted by Crippen LogP contribution is -2.49. The molecule has 2 unspecified atom stereocenters. The maximum absolute atomic E-state index is 12.2. The van der Waals surface area contributed by atoms with Crippen LogP contribution in [0.5, 0.6) is 0 Å². The fourth-order valence-corrected chi connectivity index (χ4v) is 2.93. The Kier molecular flexibility index (Phi) is 6.79. The van der Waals surface area contributed by atoms with Gasteiger partial charge in [-0.3, -0.25) is 4.79 Å². The number of hydrogen-bond donors (Lipinski definition) is 1. The Morgan fingerprint density at radius 1 is 1.68 bits per heavy atom. The molecule has 1 aromatic heterocycles. The molecule has 0 bridgehead atoms. The number of carbonyl (C=O) groups is 1. The summed E-state index contributed by atoms with van der Waals surface area (Å²) in [5.74, 6) is 0.0571. The smallest absolute Gasteiger partial charge is 0.239 e. The number of rotatable bonds is 4. The minimum atomic E-state index is -0.364. The van der Waals surface area contributed by atoms with Crippen LogP contribution in [0.4, 0.5) is 0 Å². The zero-order valence-electron chi connectivity index (χ0n) is 11.1. The van der Waals surface area contributed by atoms with E-state index in [1.165, 1.54) is 4.88 Å². The lowest BCUT2D eigenvalue weighted by molar-refractivity contribution is -0.140. The highest BCUT2D eigenvalue weighted by Crippen LogP contribution is 2.26.